The van der Waals surface area contributed by atoms with Gasteiger partial charge in [0.05, 0.1) is 7.11 Å². The second-order valence-corrected chi connectivity index (χ2v) is 6.48. The van der Waals surface area contributed by atoms with E-state index in [2.05, 4.69) is 21.2 Å². The lowest BCUT2D eigenvalue weighted by Crippen LogP contribution is -2.38. The number of halogens is 1. The van der Waals surface area contributed by atoms with E-state index >= 15 is 0 Å². The molecule has 1 N–H and O–H groups in total. The summed E-state index contributed by atoms with van der Waals surface area (Å²) in [6.07, 6.45) is 6.12. The molecule has 5 heteroatoms. The van der Waals surface area contributed by atoms with Crippen molar-refractivity contribution in [3.63, 3.8) is 0 Å². The van der Waals surface area contributed by atoms with E-state index in [1.807, 2.05) is 11.4 Å². The topological polar surface area (TPSA) is 38.3 Å². The Balaban J connectivity index is 2.07. The van der Waals surface area contributed by atoms with E-state index in [1.54, 1.807) is 11.3 Å². The summed E-state index contributed by atoms with van der Waals surface area (Å²) in [6, 6.07) is 2.10. The molecule has 1 fully saturated rings. The molecular weight excluding hydrogens is 314 g/mol. The van der Waals surface area contributed by atoms with Gasteiger partial charge in [-0.05, 0) is 34.8 Å². The smallest absolute Gasteiger partial charge is 0.328 e. The van der Waals surface area contributed by atoms with E-state index in [0.29, 0.717) is 6.04 Å². The van der Waals surface area contributed by atoms with Crippen molar-refractivity contribution in [2.45, 2.75) is 44.2 Å². The summed E-state index contributed by atoms with van der Waals surface area (Å²) in [5.74, 6) is -0.199. The highest BCUT2D eigenvalue weighted by molar-refractivity contribution is 9.10. The van der Waals surface area contributed by atoms with Crippen molar-refractivity contribution < 1.29 is 9.53 Å². The summed E-state index contributed by atoms with van der Waals surface area (Å²) >= 11 is 5.01. The highest BCUT2D eigenvalue weighted by Crippen LogP contribution is 2.28. The second-order valence-electron chi connectivity index (χ2n) is 4.63. The van der Waals surface area contributed by atoms with Gasteiger partial charge in [0.2, 0.25) is 0 Å². The number of ether oxygens (including phenoxy) is 1. The Kier molecular flexibility index (Phi) is 5.21. The Morgan fingerprint density at radius 1 is 1.50 bits per heavy atom. The zero-order valence-corrected chi connectivity index (χ0v) is 12.9. The maximum Gasteiger partial charge on any atom is 0.328 e. The van der Waals surface area contributed by atoms with E-state index < -0.39 is 0 Å². The summed E-state index contributed by atoms with van der Waals surface area (Å²) < 4.78 is 5.92. The van der Waals surface area contributed by atoms with Crippen LogP contribution in [-0.2, 0) is 9.53 Å². The minimum atomic E-state index is -0.325. The van der Waals surface area contributed by atoms with Crippen molar-refractivity contribution in [3.05, 3.63) is 20.8 Å². The molecule has 1 aromatic heterocycles. The van der Waals surface area contributed by atoms with Crippen LogP contribution in [-0.4, -0.2) is 19.1 Å². The molecule has 1 heterocycles. The average Bonchev–Trinajstić information content (AvgIpc) is 2.83. The third-order valence-electron chi connectivity index (χ3n) is 3.32. The summed E-state index contributed by atoms with van der Waals surface area (Å²) in [5, 5.41) is 5.45. The van der Waals surface area contributed by atoms with Crippen LogP contribution in [0.4, 0.5) is 0 Å². The first-order valence-electron chi connectivity index (χ1n) is 6.28. The van der Waals surface area contributed by atoms with Gasteiger partial charge in [0.1, 0.15) is 6.04 Å². The number of nitrogens with one attached hydrogen (secondary N) is 1. The molecule has 0 saturated heterocycles. The Morgan fingerprint density at radius 2 is 2.22 bits per heavy atom. The molecule has 0 aliphatic heterocycles. The van der Waals surface area contributed by atoms with Gasteiger partial charge < -0.3 is 4.74 Å². The fourth-order valence-electron chi connectivity index (χ4n) is 2.37. The quantitative estimate of drug-likeness (QED) is 0.856. The van der Waals surface area contributed by atoms with Crippen molar-refractivity contribution in [2.75, 3.05) is 7.11 Å². The Hall–Kier alpha value is -0.390. The molecule has 0 spiro atoms. The molecule has 0 amide bonds. The standard InChI is InChI=1S/C13H18BrNO2S/c1-17-13(16)12(11-7-9(14)8-18-11)15-10-5-3-2-4-6-10/h7-8,10,12,15H,2-6H2,1H3. The fourth-order valence-corrected chi connectivity index (χ4v) is 3.86. The van der Waals surface area contributed by atoms with Crippen LogP contribution in [0, 0.1) is 0 Å². The van der Waals surface area contributed by atoms with Gasteiger partial charge in [0.15, 0.2) is 0 Å². The molecule has 18 heavy (non-hydrogen) atoms. The largest absolute Gasteiger partial charge is 0.468 e. The van der Waals surface area contributed by atoms with E-state index in [1.165, 1.54) is 26.4 Å². The van der Waals surface area contributed by atoms with E-state index in [0.717, 1.165) is 22.2 Å². The van der Waals surface area contributed by atoms with Gasteiger partial charge in [-0.1, -0.05) is 19.3 Å². The molecular formula is C13H18BrNO2S. The maximum atomic E-state index is 11.9. The third kappa shape index (κ3) is 3.56. The number of carbonyl (C=O) groups is 1. The van der Waals surface area contributed by atoms with Crippen LogP contribution in [0.2, 0.25) is 0 Å². The van der Waals surface area contributed by atoms with Gasteiger partial charge in [-0.3, -0.25) is 5.32 Å². The number of esters is 1. The first-order valence-corrected chi connectivity index (χ1v) is 7.96. The van der Waals surface area contributed by atoms with Crippen molar-refractivity contribution in [1.29, 1.82) is 0 Å². The SMILES string of the molecule is COC(=O)C(NC1CCCCC1)c1cc(Br)cs1. The summed E-state index contributed by atoms with van der Waals surface area (Å²) in [4.78, 5) is 12.9. The van der Waals surface area contributed by atoms with Gasteiger partial charge in [0, 0.05) is 20.8 Å². The van der Waals surface area contributed by atoms with Crippen LogP contribution in [0.5, 0.6) is 0 Å². The average molecular weight is 332 g/mol. The predicted octanol–water partition coefficient (Wildman–Crippen LogP) is 3.65. The van der Waals surface area contributed by atoms with Crippen molar-refractivity contribution in [3.8, 4) is 0 Å². The van der Waals surface area contributed by atoms with E-state index in [9.17, 15) is 4.79 Å². The lowest BCUT2D eigenvalue weighted by Gasteiger charge is -2.26. The number of rotatable bonds is 4. The van der Waals surface area contributed by atoms with Gasteiger partial charge in [0.25, 0.3) is 0 Å². The molecule has 0 aromatic carbocycles. The lowest BCUT2D eigenvalue weighted by atomic mass is 9.95. The van der Waals surface area contributed by atoms with Crippen LogP contribution in [0.25, 0.3) is 0 Å². The molecule has 2 rings (SSSR count). The summed E-state index contributed by atoms with van der Waals surface area (Å²) in [6.45, 7) is 0. The number of carbonyl (C=O) groups excluding carboxylic acids is 1. The molecule has 1 aromatic rings. The van der Waals surface area contributed by atoms with Crippen LogP contribution < -0.4 is 5.32 Å². The fraction of sp³-hybridized carbons (Fsp3) is 0.615. The number of methoxy groups -OCH3 is 1. The monoisotopic (exact) mass is 331 g/mol. The summed E-state index contributed by atoms with van der Waals surface area (Å²) in [5.41, 5.74) is 0. The summed E-state index contributed by atoms with van der Waals surface area (Å²) in [7, 11) is 1.44. The zero-order chi connectivity index (χ0) is 13.0. The molecule has 0 radical (unpaired) electrons. The minimum absolute atomic E-state index is 0.199. The number of hydrogen-bond donors (Lipinski definition) is 1. The molecule has 1 saturated carbocycles. The predicted molar refractivity (Wildman–Crippen MR) is 76.8 cm³/mol. The lowest BCUT2D eigenvalue weighted by molar-refractivity contribution is -0.143. The first-order chi connectivity index (χ1) is 8.70. The Bertz CT molecular complexity index is 401. The second kappa shape index (κ2) is 6.68. The molecule has 1 unspecified atom stereocenters. The van der Waals surface area contributed by atoms with Gasteiger partial charge >= 0.3 is 5.97 Å². The number of hydrogen-bond acceptors (Lipinski definition) is 4. The number of thiophene rings is 1. The van der Waals surface area contributed by atoms with Crippen molar-refractivity contribution in [2.24, 2.45) is 0 Å². The maximum absolute atomic E-state index is 11.9. The highest BCUT2D eigenvalue weighted by Gasteiger charge is 2.26. The van der Waals surface area contributed by atoms with Crippen LogP contribution in [0.3, 0.4) is 0 Å². The third-order valence-corrected chi connectivity index (χ3v) is 5.08. The first kappa shape index (κ1) is 14.0. The van der Waals surface area contributed by atoms with Crippen LogP contribution in [0.15, 0.2) is 15.9 Å². The molecule has 1 aliphatic rings. The van der Waals surface area contributed by atoms with Crippen molar-refractivity contribution >= 4 is 33.2 Å². The van der Waals surface area contributed by atoms with E-state index in [-0.39, 0.29) is 12.0 Å². The highest BCUT2D eigenvalue weighted by atomic mass is 79.9. The zero-order valence-electron chi connectivity index (χ0n) is 10.4. The van der Waals surface area contributed by atoms with Gasteiger partial charge in [-0.15, -0.1) is 11.3 Å². The normalized spacial score (nSPS) is 18.6. The molecule has 1 aliphatic carbocycles. The van der Waals surface area contributed by atoms with Gasteiger partial charge in [-0.25, -0.2) is 4.79 Å². The minimum Gasteiger partial charge on any atom is -0.468 e. The molecule has 0 bridgehead atoms. The van der Waals surface area contributed by atoms with E-state index in [4.69, 9.17) is 4.74 Å². The van der Waals surface area contributed by atoms with Crippen LogP contribution in [0.1, 0.15) is 43.0 Å². The van der Waals surface area contributed by atoms with Crippen LogP contribution >= 0.6 is 27.3 Å². The molecule has 3 nitrogen and oxygen atoms in total. The Morgan fingerprint density at radius 3 is 2.78 bits per heavy atom. The molecule has 1 atom stereocenters. The van der Waals surface area contributed by atoms with Crippen molar-refractivity contribution in [1.82, 2.24) is 5.32 Å². The molecule has 100 valence electrons. The Labute approximate surface area is 120 Å². The van der Waals surface area contributed by atoms with Gasteiger partial charge in [-0.2, -0.15) is 0 Å².